The average Bonchev–Trinajstić information content (AvgIpc) is 2.38. The van der Waals surface area contributed by atoms with Crippen molar-refractivity contribution in [1.29, 1.82) is 0 Å². The fourth-order valence-corrected chi connectivity index (χ4v) is 1.40. The van der Waals surface area contributed by atoms with E-state index in [0.717, 1.165) is 11.0 Å². The van der Waals surface area contributed by atoms with Gasteiger partial charge in [-0.3, -0.25) is 9.59 Å². The molecule has 0 aliphatic rings. The topological polar surface area (TPSA) is 72.6 Å². The molecular formula is C12H14F2N2O3. The first kappa shape index (κ1) is 14.9. The van der Waals surface area contributed by atoms with Gasteiger partial charge in [0.05, 0.1) is 24.8 Å². The number of methoxy groups -OCH3 is 1. The van der Waals surface area contributed by atoms with Gasteiger partial charge in [0, 0.05) is 19.7 Å². The van der Waals surface area contributed by atoms with Crippen molar-refractivity contribution in [2.75, 3.05) is 26.4 Å². The molecule has 2 N–H and O–H groups in total. The summed E-state index contributed by atoms with van der Waals surface area (Å²) in [6.45, 7) is 0.0578. The highest BCUT2D eigenvalue weighted by Gasteiger charge is 2.19. The molecule has 0 saturated heterocycles. The fraction of sp³-hybridized carbons (Fsp3) is 0.333. The highest BCUT2D eigenvalue weighted by atomic mass is 19.1. The molecule has 0 aromatic heterocycles. The van der Waals surface area contributed by atoms with Crippen LogP contribution in [0, 0.1) is 11.6 Å². The van der Waals surface area contributed by atoms with Crippen LogP contribution in [0.4, 0.5) is 14.5 Å². The van der Waals surface area contributed by atoms with Gasteiger partial charge in [-0.2, -0.15) is 0 Å². The Labute approximate surface area is 108 Å². The summed E-state index contributed by atoms with van der Waals surface area (Å²) in [6, 6.07) is 1.48. The van der Waals surface area contributed by atoms with Crippen LogP contribution < -0.4 is 5.73 Å². The van der Waals surface area contributed by atoms with Crippen LogP contribution in [0.5, 0.6) is 0 Å². The van der Waals surface area contributed by atoms with Crippen LogP contribution in [-0.2, 0) is 9.53 Å². The minimum Gasteiger partial charge on any atom is -0.469 e. The van der Waals surface area contributed by atoms with Gasteiger partial charge in [0.2, 0.25) is 0 Å². The van der Waals surface area contributed by atoms with Crippen molar-refractivity contribution >= 4 is 17.6 Å². The highest BCUT2D eigenvalue weighted by Crippen LogP contribution is 2.18. The van der Waals surface area contributed by atoms with E-state index in [0.29, 0.717) is 6.07 Å². The molecule has 5 nitrogen and oxygen atoms in total. The molecule has 0 radical (unpaired) electrons. The number of carbonyl (C=O) groups is 2. The summed E-state index contributed by atoms with van der Waals surface area (Å²) in [4.78, 5) is 24.0. The number of nitrogen functional groups attached to an aromatic ring is 1. The van der Waals surface area contributed by atoms with Crippen LogP contribution in [0.15, 0.2) is 12.1 Å². The number of ether oxygens (including phenoxy) is 1. The van der Waals surface area contributed by atoms with Crippen molar-refractivity contribution < 1.29 is 23.1 Å². The van der Waals surface area contributed by atoms with Crippen molar-refractivity contribution in [3.05, 3.63) is 29.3 Å². The molecule has 0 aliphatic heterocycles. The lowest BCUT2D eigenvalue weighted by atomic mass is 10.1. The molecule has 7 heteroatoms. The van der Waals surface area contributed by atoms with E-state index in [4.69, 9.17) is 5.73 Å². The SMILES string of the molecule is COC(=O)CCN(C)C(=O)c1cc(N)c(F)cc1F. The number of anilines is 1. The molecule has 1 aromatic rings. The quantitative estimate of drug-likeness (QED) is 0.660. The van der Waals surface area contributed by atoms with E-state index >= 15 is 0 Å². The van der Waals surface area contributed by atoms with Crippen LogP contribution in [0.1, 0.15) is 16.8 Å². The Hall–Kier alpha value is -2.18. The van der Waals surface area contributed by atoms with Crippen LogP contribution >= 0.6 is 0 Å². The Morgan fingerprint density at radius 3 is 2.53 bits per heavy atom. The Kier molecular flexibility index (Phi) is 4.80. The lowest BCUT2D eigenvalue weighted by molar-refractivity contribution is -0.140. The average molecular weight is 272 g/mol. The van der Waals surface area contributed by atoms with E-state index < -0.39 is 23.5 Å². The molecular weight excluding hydrogens is 258 g/mol. The molecule has 104 valence electrons. The Bertz CT molecular complexity index is 506. The number of amides is 1. The highest BCUT2D eigenvalue weighted by molar-refractivity contribution is 5.95. The van der Waals surface area contributed by atoms with Gasteiger partial charge in [-0.1, -0.05) is 0 Å². The van der Waals surface area contributed by atoms with Gasteiger partial charge in [0.1, 0.15) is 11.6 Å². The molecule has 0 bridgehead atoms. The maximum atomic E-state index is 13.5. The number of halogens is 2. The summed E-state index contributed by atoms with van der Waals surface area (Å²) in [6.07, 6.45) is -0.0168. The van der Waals surface area contributed by atoms with E-state index in [1.54, 1.807) is 0 Å². The van der Waals surface area contributed by atoms with Gasteiger partial charge >= 0.3 is 5.97 Å². The van der Waals surface area contributed by atoms with E-state index in [9.17, 15) is 18.4 Å². The Balaban J connectivity index is 2.82. The van der Waals surface area contributed by atoms with Gasteiger partial charge in [-0.25, -0.2) is 8.78 Å². The first-order valence-corrected chi connectivity index (χ1v) is 5.43. The molecule has 19 heavy (non-hydrogen) atoms. The minimum absolute atomic E-state index is 0.0168. The summed E-state index contributed by atoms with van der Waals surface area (Å²) >= 11 is 0. The normalized spacial score (nSPS) is 10.1. The summed E-state index contributed by atoms with van der Waals surface area (Å²) in [5.41, 5.74) is 4.63. The molecule has 0 unspecified atom stereocenters. The second kappa shape index (κ2) is 6.12. The monoisotopic (exact) mass is 272 g/mol. The molecule has 0 atom stereocenters. The van der Waals surface area contributed by atoms with E-state index in [1.165, 1.54) is 14.2 Å². The number of carbonyl (C=O) groups excluding carboxylic acids is 2. The second-order valence-corrected chi connectivity index (χ2v) is 3.91. The lowest BCUT2D eigenvalue weighted by Gasteiger charge is -2.17. The summed E-state index contributed by atoms with van der Waals surface area (Å²) in [5.74, 6) is -3.10. The van der Waals surface area contributed by atoms with E-state index in [2.05, 4.69) is 4.74 Å². The summed E-state index contributed by atoms with van der Waals surface area (Å²) < 4.78 is 30.9. The third-order valence-electron chi connectivity index (χ3n) is 2.54. The third-order valence-corrected chi connectivity index (χ3v) is 2.54. The zero-order valence-electron chi connectivity index (χ0n) is 10.6. The Morgan fingerprint density at radius 1 is 1.32 bits per heavy atom. The third kappa shape index (κ3) is 3.64. The number of rotatable bonds is 4. The van der Waals surface area contributed by atoms with Gasteiger partial charge in [0.15, 0.2) is 0 Å². The standard InChI is InChI=1S/C12H14F2N2O3/c1-16(4-3-11(17)19-2)12(18)7-5-10(15)9(14)6-8(7)13/h5-6H,3-4,15H2,1-2H3. The van der Waals surface area contributed by atoms with Crippen LogP contribution in [0.25, 0.3) is 0 Å². The zero-order valence-corrected chi connectivity index (χ0v) is 10.6. The van der Waals surface area contributed by atoms with E-state index in [-0.39, 0.29) is 24.2 Å². The predicted octanol–water partition coefficient (Wildman–Crippen LogP) is 1.18. The molecule has 0 saturated carbocycles. The molecule has 0 spiro atoms. The number of esters is 1. The van der Waals surface area contributed by atoms with Crippen LogP contribution in [0.3, 0.4) is 0 Å². The molecule has 0 fully saturated rings. The van der Waals surface area contributed by atoms with Crippen molar-refractivity contribution in [2.24, 2.45) is 0 Å². The number of nitrogens with zero attached hydrogens (tertiary/aromatic N) is 1. The van der Waals surface area contributed by atoms with Crippen molar-refractivity contribution in [3.8, 4) is 0 Å². The van der Waals surface area contributed by atoms with Crippen molar-refractivity contribution in [1.82, 2.24) is 4.90 Å². The Morgan fingerprint density at radius 2 is 1.95 bits per heavy atom. The van der Waals surface area contributed by atoms with Crippen molar-refractivity contribution in [2.45, 2.75) is 6.42 Å². The number of hydrogen-bond donors (Lipinski definition) is 1. The maximum absolute atomic E-state index is 13.5. The number of nitrogens with two attached hydrogens (primary N) is 1. The van der Waals surface area contributed by atoms with Crippen LogP contribution in [-0.4, -0.2) is 37.5 Å². The largest absolute Gasteiger partial charge is 0.469 e. The second-order valence-electron chi connectivity index (χ2n) is 3.91. The van der Waals surface area contributed by atoms with Gasteiger partial charge in [-0.05, 0) is 6.07 Å². The zero-order chi connectivity index (χ0) is 14.6. The number of benzene rings is 1. The molecule has 1 rings (SSSR count). The number of hydrogen-bond acceptors (Lipinski definition) is 4. The van der Waals surface area contributed by atoms with Crippen LogP contribution in [0.2, 0.25) is 0 Å². The van der Waals surface area contributed by atoms with Crippen molar-refractivity contribution in [3.63, 3.8) is 0 Å². The van der Waals surface area contributed by atoms with Gasteiger partial charge in [-0.15, -0.1) is 0 Å². The van der Waals surface area contributed by atoms with Gasteiger partial charge in [0.25, 0.3) is 5.91 Å². The summed E-state index contributed by atoms with van der Waals surface area (Å²) in [7, 11) is 2.62. The smallest absolute Gasteiger partial charge is 0.307 e. The minimum atomic E-state index is -0.999. The fourth-order valence-electron chi connectivity index (χ4n) is 1.40. The lowest BCUT2D eigenvalue weighted by Crippen LogP contribution is -2.30. The molecule has 0 aliphatic carbocycles. The maximum Gasteiger partial charge on any atom is 0.307 e. The first-order chi connectivity index (χ1) is 8.86. The summed E-state index contributed by atoms with van der Waals surface area (Å²) in [5, 5.41) is 0. The van der Waals surface area contributed by atoms with E-state index in [1.807, 2.05) is 0 Å². The molecule has 0 heterocycles. The molecule has 1 aromatic carbocycles. The first-order valence-electron chi connectivity index (χ1n) is 5.43. The van der Waals surface area contributed by atoms with Gasteiger partial charge < -0.3 is 15.4 Å². The molecule has 1 amide bonds. The predicted molar refractivity (Wildman–Crippen MR) is 64.4 cm³/mol.